The van der Waals surface area contributed by atoms with E-state index < -0.39 is 6.04 Å². The smallest absolute Gasteiger partial charge is 0.151 e. The van der Waals surface area contributed by atoms with Crippen molar-refractivity contribution in [2.24, 2.45) is 0 Å². The number of nitrogens with zero attached hydrogens (tertiary/aromatic N) is 1. The monoisotopic (exact) mass is 314 g/mol. The van der Waals surface area contributed by atoms with Crippen molar-refractivity contribution in [2.45, 2.75) is 13.0 Å². The number of rotatable bonds is 3. The minimum absolute atomic E-state index is 0.0195. The van der Waals surface area contributed by atoms with Gasteiger partial charge in [0.1, 0.15) is 5.82 Å². The van der Waals surface area contributed by atoms with Crippen molar-refractivity contribution in [2.75, 3.05) is 26.2 Å². The number of nitrogens with one attached hydrogen (secondary N) is 1. The van der Waals surface area contributed by atoms with Gasteiger partial charge in [-0.1, -0.05) is 15.9 Å². The van der Waals surface area contributed by atoms with E-state index in [2.05, 4.69) is 21.2 Å². The van der Waals surface area contributed by atoms with E-state index in [9.17, 15) is 9.18 Å². The van der Waals surface area contributed by atoms with E-state index in [-0.39, 0.29) is 11.6 Å². The second-order valence-corrected chi connectivity index (χ2v) is 5.38. The Morgan fingerprint density at radius 2 is 2.11 bits per heavy atom. The molecule has 1 heterocycles. The molecular weight excluding hydrogens is 299 g/mol. The van der Waals surface area contributed by atoms with Crippen molar-refractivity contribution in [3.05, 3.63) is 34.1 Å². The molecule has 1 atom stereocenters. The predicted octanol–water partition coefficient (Wildman–Crippen LogP) is 2.12. The first-order valence-electron chi connectivity index (χ1n) is 6.00. The Morgan fingerprint density at radius 1 is 1.44 bits per heavy atom. The lowest BCUT2D eigenvalue weighted by Gasteiger charge is -2.33. The Hall–Kier alpha value is -0.780. The van der Waals surface area contributed by atoms with Crippen LogP contribution in [0, 0.1) is 5.82 Å². The number of halogens is 2. The third-order valence-electron chi connectivity index (χ3n) is 3.15. The van der Waals surface area contributed by atoms with Crippen molar-refractivity contribution < 1.29 is 9.18 Å². The van der Waals surface area contributed by atoms with Crippen molar-refractivity contribution in [3.8, 4) is 0 Å². The van der Waals surface area contributed by atoms with Gasteiger partial charge in [-0.05, 0) is 25.1 Å². The molecule has 0 spiro atoms. The summed E-state index contributed by atoms with van der Waals surface area (Å²) >= 11 is 3.33. The van der Waals surface area contributed by atoms with Gasteiger partial charge in [-0.2, -0.15) is 0 Å². The van der Waals surface area contributed by atoms with Gasteiger partial charge in [0.25, 0.3) is 0 Å². The van der Waals surface area contributed by atoms with E-state index in [1.807, 2.05) is 4.90 Å². The Balaban J connectivity index is 2.34. The molecular formula is C13H16BrFN2O. The lowest BCUT2D eigenvalue weighted by Crippen LogP contribution is -2.47. The van der Waals surface area contributed by atoms with Crippen molar-refractivity contribution in [1.82, 2.24) is 10.2 Å². The van der Waals surface area contributed by atoms with Gasteiger partial charge in [0.2, 0.25) is 0 Å². The lowest BCUT2D eigenvalue weighted by molar-refractivity contribution is -0.122. The fourth-order valence-corrected chi connectivity index (χ4v) is 2.72. The van der Waals surface area contributed by atoms with Crippen LogP contribution in [0.5, 0.6) is 0 Å². The number of hydrogen-bond acceptors (Lipinski definition) is 3. The van der Waals surface area contributed by atoms with Crippen LogP contribution in [0.1, 0.15) is 18.5 Å². The molecule has 1 N–H and O–H groups in total. The van der Waals surface area contributed by atoms with Gasteiger partial charge in [0.05, 0.1) is 6.04 Å². The van der Waals surface area contributed by atoms with Gasteiger partial charge in [0, 0.05) is 36.2 Å². The van der Waals surface area contributed by atoms with Crippen LogP contribution in [0.3, 0.4) is 0 Å². The highest BCUT2D eigenvalue weighted by Gasteiger charge is 2.28. The quantitative estimate of drug-likeness (QED) is 0.927. The average Bonchev–Trinajstić information content (AvgIpc) is 2.35. The summed E-state index contributed by atoms with van der Waals surface area (Å²) in [5.74, 6) is -0.342. The molecule has 0 aromatic heterocycles. The van der Waals surface area contributed by atoms with Crippen LogP contribution < -0.4 is 5.32 Å². The number of hydrogen-bond donors (Lipinski definition) is 1. The molecule has 1 aliphatic rings. The molecule has 1 aromatic rings. The maximum absolute atomic E-state index is 13.9. The SMILES string of the molecule is CC(=O)C(c1cc(Br)ccc1F)N1CCNCC1. The maximum Gasteiger partial charge on any atom is 0.151 e. The molecule has 18 heavy (non-hydrogen) atoms. The number of ketones is 1. The first-order valence-corrected chi connectivity index (χ1v) is 6.79. The lowest BCUT2D eigenvalue weighted by atomic mass is 10.0. The van der Waals surface area contributed by atoms with E-state index in [0.29, 0.717) is 5.56 Å². The Labute approximate surface area is 114 Å². The standard InChI is InChI=1S/C13H16BrFN2O/c1-9(18)13(17-6-4-16-5-7-17)11-8-10(14)2-3-12(11)15/h2-3,8,13,16H,4-7H2,1H3. The highest BCUT2D eigenvalue weighted by atomic mass is 79.9. The van der Waals surface area contributed by atoms with E-state index in [0.717, 1.165) is 30.7 Å². The van der Waals surface area contributed by atoms with Crippen LogP contribution in [-0.2, 0) is 4.79 Å². The van der Waals surface area contributed by atoms with E-state index in [1.54, 1.807) is 12.1 Å². The third kappa shape index (κ3) is 2.96. The summed E-state index contributed by atoms with van der Waals surface area (Å²) in [4.78, 5) is 13.9. The van der Waals surface area contributed by atoms with E-state index in [4.69, 9.17) is 0 Å². The highest BCUT2D eigenvalue weighted by molar-refractivity contribution is 9.10. The van der Waals surface area contributed by atoms with Crippen molar-refractivity contribution >= 4 is 21.7 Å². The molecule has 5 heteroatoms. The zero-order valence-electron chi connectivity index (χ0n) is 10.2. The molecule has 0 saturated carbocycles. The second-order valence-electron chi connectivity index (χ2n) is 4.46. The zero-order chi connectivity index (χ0) is 13.1. The fourth-order valence-electron chi connectivity index (χ4n) is 2.34. The van der Waals surface area contributed by atoms with Gasteiger partial charge in [0.15, 0.2) is 5.78 Å². The summed E-state index contributed by atoms with van der Waals surface area (Å²) < 4.78 is 14.7. The van der Waals surface area contributed by atoms with E-state index >= 15 is 0 Å². The minimum atomic E-state index is -0.482. The van der Waals surface area contributed by atoms with E-state index in [1.165, 1.54) is 13.0 Å². The summed E-state index contributed by atoms with van der Waals surface area (Å²) in [6, 6.07) is 4.26. The summed E-state index contributed by atoms with van der Waals surface area (Å²) in [6.07, 6.45) is 0. The Bertz CT molecular complexity index is 447. The predicted molar refractivity (Wildman–Crippen MR) is 72.0 cm³/mol. The normalized spacial score (nSPS) is 18.6. The van der Waals surface area contributed by atoms with Crippen LogP contribution in [0.2, 0.25) is 0 Å². The number of benzene rings is 1. The molecule has 1 saturated heterocycles. The molecule has 1 aliphatic heterocycles. The van der Waals surface area contributed by atoms with Gasteiger partial charge < -0.3 is 5.32 Å². The molecule has 3 nitrogen and oxygen atoms in total. The number of carbonyl (C=O) groups excluding carboxylic acids is 1. The van der Waals surface area contributed by atoms with Crippen LogP contribution in [0.4, 0.5) is 4.39 Å². The number of Topliss-reactive ketones (excluding diaryl/α,β-unsaturated/α-hetero) is 1. The molecule has 0 bridgehead atoms. The summed E-state index contributed by atoms with van der Waals surface area (Å²) in [7, 11) is 0. The summed E-state index contributed by atoms with van der Waals surface area (Å²) in [5, 5.41) is 3.23. The van der Waals surface area contributed by atoms with Gasteiger partial charge in [-0.3, -0.25) is 9.69 Å². The van der Waals surface area contributed by atoms with Crippen LogP contribution >= 0.6 is 15.9 Å². The van der Waals surface area contributed by atoms with Gasteiger partial charge in [-0.25, -0.2) is 4.39 Å². The summed E-state index contributed by atoms with van der Waals surface area (Å²) in [5.41, 5.74) is 0.457. The van der Waals surface area contributed by atoms with Crippen LogP contribution in [0.15, 0.2) is 22.7 Å². The number of carbonyl (C=O) groups is 1. The molecule has 0 amide bonds. The van der Waals surface area contributed by atoms with Crippen LogP contribution in [-0.4, -0.2) is 36.9 Å². The second kappa shape index (κ2) is 5.91. The first kappa shape index (κ1) is 13.6. The van der Waals surface area contributed by atoms with Crippen molar-refractivity contribution in [1.29, 1.82) is 0 Å². The largest absolute Gasteiger partial charge is 0.314 e. The molecule has 1 aromatic carbocycles. The molecule has 98 valence electrons. The van der Waals surface area contributed by atoms with Crippen LogP contribution in [0.25, 0.3) is 0 Å². The van der Waals surface area contributed by atoms with Gasteiger partial charge in [-0.15, -0.1) is 0 Å². The topological polar surface area (TPSA) is 32.3 Å². The maximum atomic E-state index is 13.9. The Kier molecular flexibility index (Phi) is 4.48. The first-order chi connectivity index (χ1) is 8.59. The Morgan fingerprint density at radius 3 is 2.72 bits per heavy atom. The molecule has 0 radical (unpaired) electrons. The van der Waals surface area contributed by atoms with Gasteiger partial charge >= 0.3 is 0 Å². The zero-order valence-corrected chi connectivity index (χ0v) is 11.8. The number of piperazine rings is 1. The molecule has 1 fully saturated rings. The fraction of sp³-hybridized carbons (Fsp3) is 0.462. The highest BCUT2D eigenvalue weighted by Crippen LogP contribution is 2.27. The molecule has 2 rings (SSSR count). The summed E-state index contributed by atoms with van der Waals surface area (Å²) in [6.45, 7) is 4.71. The van der Waals surface area contributed by atoms with Crippen molar-refractivity contribution in [3.63, 3.8) is 0 Å². The molecule has 1 unspecified atom stereocenters. The average molecular weight is 315 g/mol. The third-order valence-corrected chi connectivity index (χ3v) is 3.65. The minimum Gasteiger partial charge on any atom is -0.314 e. The molecule has 0 aliphatic carbocycles.